The molecule has 5 rings (SSSR count). The summed E-state index contributed by atoms with van der Waals surface area (Å²) in [5.74, 6) is 3.21. The molecule has 3 aromatic heterocycles. The highest BCUT2D eigenvalue weighted by Crippen LogP contribution is 2.40. The summed E-state index contributed by atoms with van der Waals surface area (Å²) in [6.07, 6.45) is 0. The summed E-state index contributed by atoms with van der Waals surface area (Å²) < 4.78 is 10.9. The molecule has 0 aliphatic heterocycles. The number of methoxy groups -OCH3 is 1. The molecule has 5 aromatic rings. The number of aromatic amines is 1. The Hall–Kier alpha value is -3.87. The number of nitrogens with two attached hydrogens (primary N) is 1. The molecule has 0 amide bonds. The molecule has 170 valence electrons. The average molecular weight is 444 g/mol. The van der Waals surface area contributed by atoms with Gasteiger partial charge in [-0.05, 0) is 44.4 Å². The fourth-order valence-corrected chi connectivity index (χ4v) is 4.04. The summed E-state index contributed by atoms with van der Waals surface area (Å²) in [6.45, 7) is 10.0. The third-order valence-electron chi connectivity index (χ3n) is 5.68. The van der Waals surface area contributed by atoms with Crippen molar-refractivity contribution in [3.63, 3.8) is 0 Å². The van der Waals surface area contributed by atoms with Gasteiger partial charge >= 0.3 is 0 Å². The maximum atomic E-state index is 6.10. The number of hydrogen-bond donors (Lipinski definition) is 2. The highest BCUT2D eigenvalue weighted by molar-refractivity contribution is 6.12. The van der Waals surface area contributed by atoms with E-state index in [0.717, 1.165) is 44.6 Å². The van der Waals surface area contributed by atoms with Gasteiger partial charge in [-0.2, -0.15) is 0 Å². The molecular weight excluding hydrogens is 414 g/mol. The SMILES string of the molecule is CC(C)c1ccccc1.COc1cc2c(cc1-c1c(C)noc1C)[nH]c1nc(C)nc(N)c12. The summed E-state index contributed by atoms with van der Waals surface area (Å²) in [6, 6.07) is 14.5. The molecule has 7 heteroatoms. The Kier molecular flexibility index (Phi) is 6.05. The van der Waals surface area contributed by atoms with Crippen LogP contribution >= 0.6 is 0 Å². The van der Waals surface area contributed by atoms with Gasteiger partial charge in [0.1, 0.15) is 28.8 Å². The Morgan fingerprint density at radius 2 is 1.76 bits per heavy atom. The molecule has 3 N–H and O–H groups in total. The monoisotopic (exact) mass is 443 g/mol. The summed E-state index contributed by atoms with van der Waals surface area (Å²) in [5, 5.41) is 5.76. The number of anilines is 1. The molecule has 33 heavy (non-hydrogen) atoms. The number of aryl methyl sites for hydroxylation is 3. The molecule has 7 nitrogen and oxygen atoms in total. The van der Waals surface area contributed by atoms with Crippen molar-refractivity contribution >= 4 is 27.8 Å². The lowest BCUT2D eigenvalue weighted by molar-refractivity contribution is 0.393. The molecule has 2 aromatic carbocycles. The topological polar surface area (TPSA) is 103 Å². The second-order valence-electron chi connectivity index (χ2n) is 8.37. The largest absolute Gasteiger partial charge is 0.496 e. The number of H-pyrrole nitrogens is 1. The first-order valence-electron chi connectivity index (χ1n) is 10.9. The predicted octanol–water partition coefficient (Wildman–Crippen LogP) is 6.09. The first kappa shape index (κ1) is 22.3. The van der Waals surface area contributed by atoms with Gasteiger partial charge in [-0.15, -0.1) is 0 Å². The lowest BCUT2D eigenvalue weighted by Crippen LogP contribution is -1.96. The van der Waals surface area contributed by atoms with Crippen LogP contribution in [0.1, 0.15) is 42.6 Å². The Labute approximate surface area is 193 Å². The van der Waals surface area contributed by atoms with Crippen molar-refractivity contribution in [1.29, 1.82) is 0 Å². The van der Waals surface area contributed by atoms with Crippen LogP contribution in [0.4, 0.5) is 5.82 Å². The molecule has 0 saturated heterocycles. The second kappa shape index (κ2) is 8.94. The van der Waals surface area contributed by atoms with Gasteiger partial charge in [0.05, 0.1) is 23.8 Å². The summed E-state index contributed by atoms with van der Waals surface area (Å²) in [5.41, 5.74) is 11.8. The van der Waals surface area contributed by atoms with Crippen LogP contribution in [0.5, 0.6) is 5.75 Å². The van der Waals surface area contributed by atoms with Crippen LogP contribution in [0, 0.1) is 20.8 Å². The van der Waals surface area contributed by atoms with Crippen molar-refractivity contribution in [2.75, 3.05) is 12.8 Å². The van der Waals surface area contributed by atoms with Gasteiger partial charge in [0.25, 0.3) is 0 Å². The molecule has 0 radical (unpaired) electrons. The quantitative estimate of drug-likeness (QED) is 0.350. The fourth-order valence-electron chi connectivity index (χ4n) is 4.04. The highest BCUT2D eigenvalue weighted by atomic mass is 16.5. The van der Waals surface area contributed by atoms with Crippen molar-refractivity contribution in [3.8, 4) is 16.9 Å². The maximum Gasteiger partial charge on any atom is 0.144 e. The van der Waals surface area contributed by atoms with Crippen LogP contribution in [-0.2, 0) is 0 Å². The lowest BCUT2D eigenvalue weighted by Gasteiger charge is -2.09. The zero-order valence-corrected chi connectivity index (χ0v) is 19.9. The van der Waals surface area contributed by atoms with Crippen molar-refractivity contribution in [2.45, 2.75) is 40.5 Å². The number of nitrogen functional groups attached to an aromatic ring is 1. The minimum Gasteiger partial charge on any atom is -0.496 e. The molecule has 3 heterocycles. The number of hydrogen-bond acceptors (Lipinski definition) is 6. The normalized spacial score (nSPS) is 11.1. The van der Waals surface area contributed by atoms with E-state index in [4.69, 9.17) is 15.0 Å². The third kappa shape index (κ3) is 4.26. The number of benzene rings is 2. The lowest BCUT2D eigenvalue weighted by atomic mass is 10.0. The standard InChI is InChI=1S/C17H17N5O2.C9H12/c1-7-14(8(2)24-22-7)11-5-12-10(6-13(11)23-4)15-16(18)19-9(3)20-17(15)21-12;1-8(2)9-6-4-3-5-7-9/h5-6H,1-4H3,(H3,18,19,20,21);3-8H,1-2H3. The zero-order chi connectivity index (χ0) is 23.7. The number of nitrogens with zero attached hydrogens (tertiary/aromatic N) is 3. The first-order chi connectivity index (χ1) is 15.8. The van der Waals surface area contributed by atoms with Gasteiger partial charge < -0.3 is 20.0 Å². The smallest absolute Gasteiger partial charge is 0.144 e. The summed E-state index contributed by atoms with van der Waals surface area (Å²) >= 11 is 0. The Balaban J connectivity index is 0.000000243. The van der Waals surface area contributed by atoms with E-state index in [1.54, 1.807) is 7.11 Å². The Morgan fingerprint density at radius 1 is 1.03 bits per heavy atom. The molecule has 0 saturated carbocycles. The zero-order valence-electron chi connectivity index (χ0n) is 19.9. The Morgan fingerprint density at radius 3 is 2.33 bits per heavy atom. The summed E-state index contributed by atoms with van der Waals surface area (Å²) in [4.78, 5) is 12.0. The predicted molar refractivity (Wildman–Crippen MR) is 133 cm³/mol. The minimum atomic E-state index is 0.455. The fraction of sp³-hybridized carbons (Fsp3) is 0.269. The highest BCUT2D eigenvalue weighted by Gasteiger charge is 2.19. The van der Waals surface area contributed by atoms with Crippen LogP contribution in [0.3, 0.4) is 0 Å². The number of fused-ring (bicyclic) bond motifs is 3. The van der Waals surface area contributed by atoms with Gasteiger partial charge in [-0.25, -0.2) is 9.97 Å². The van der Waals surface area contributed by atoms with Crippen LogP contribution in [0.15, 0.2) is 47.0 Å². The molecule has 0 spiro atoms. The molecule has 0 unspecified atom stereocenters. The van der Waals surface area contributed by atoms with E-state index in [-0.39, 0.29) is 0 Å². The van der Waals surface area contributed by atoms with E-state index in [2.05, 4.69) is 58.2 Å². The van der Waals surface area contributed by atoms with E-state index in [1.807, 2.05) is 39.0 Å². The molecule has 0 fully saturated rings. The van der Waals surface area contributed by atoms with Crippen molar-refractivity contribution in [3.05, 3.63) is 65.3 Å². The third-order valence-corrected chi connectivity index (χ3v) is 5.68. The number of nitrogens with one attached hydrogen (secondary N) is 1. The van der Waals surface area contributed by atoms with E-state index in [1.165, 1.54) is 5.56 Å². The van der Waals surface area contributed by atoms with Gasteiger partial charge in [-0.1, -0.05) is 49.3 Å². The van der Waals surface area contributed by atoms with E-state index >= 15 is 0 Å². The van der Waals surface area contributed by atoms with Crippen molar-refractivity contribution in [1.82, 2.24) is 20.1 Å². The maximum absolute atomic E-state index is 6.10. The van der Waals surface area contributed by atoms with Crippen molar-refractivity contribution < 1.29 is 9.26 Å². The second-order valence-corrected chi connectivity index (χ2v) is 8.37. The Bertz CT molecular complexity index is 1400. The molecule has 0 aliphatic rings. The molecular formula is C26H29N5O2. The van der Waals surface area contributed by atoms with Crippen molar-refractivity contribution in [2.24, 2.45) is 0 Å². The van der Waals surface area contributed by atoms with Crippen LogP contribution in [0.25, 0.3) is 33.1 Å². The molecule has 0 aliphatic carbocycles. The van der Waals surface area contributed by atoms with Crippen LogP contribution in [0.2, 0.25) is 0 Å². The van der Waals surface area contributed by atoms with Gasteiger partial charge in [0, 0.05) is 16.5 Å². The number of aromatic nitrogens is 4. The van der Waals surface area contributed by atoms with Crippen LogP contribution < -0.4 is 10.5 Å². The van der Waals surface area contributed by atoms with E-state index in [0.29, 0.717) is 23.2 Å². The first-order valence-corrected chi connectivity index (χ1v) is 10.9. The van der Waals surface area contributed by atoms with Gasteiger partial charge in [-0.3, -0.25) is 0 Å². The molecule has 0 atom stereocenters. The number of ether oxygens (including phenoxy) is 1. The van der Waals surface area contributed by atoms with Crippen LogP contribution in [-0.4, -0.2) is 27.2 Å². The van der Waals surface area contributed by atoms with E-state index in [9.17, 15) is 0 Å². The average Bonchev–Trinajstić information content (AvgIpc) is 3.32. The number of rotatable bonds is 3. The summed E-state index contributed by atoms with van der Waals surface area (Å²) in [7, 11) is 1.64. The van der Waals surface area contributed by atoms with E-state index < -0.39 is 0 Å². The van der Waals surface area contributed by atoms with Gasteiger partial charge in [0.15, 0.2) is 0 Å². The molecule has 0 bridgehead atoms. The minimum absolute atomic E-state index is 0.455. The van der Waals surface area contributed by atoms with Gasteiger partial charge in [0.2, 0.25) is 0 Å².